The Morgan fingerprint density at radius 3 is 2.64 bits per heavy atom. The van der Waals surface area contributed by atoms with Gasteiger partial charge in [0.05, 0.1) is 67.2 Å². The van der Waals surface area contributed by atoms with Gasteiger partial charge in [0.1, 0.15) is 6.17 Å². The van der Waals surface area contributed by atoms with Crippen molar-refractivity contribution in [3.8, 4) is 0 Å². The lowest BCUT2D eigenvalue weighted by Crippen LogP contribution is -2.41. The van der Waals surface area contributed by atoms with Gasteiger partial charge in [0.15, 0.2) is 11.8 Å². The Labute approximate surface area is 239 Å². The molecule has 4 rings (SSSR count). The molecule has 0 saturated heterocycles. The third-order valence-electron chi connectivity index (χ3n) is 6.11. The molecule has 0 saturated carbocycles. The van der Waals surface area contributed by atoms with Crippen molar-refractivity contribution in [2.75, 3.05) is 32.1 Å². The van der Waals surface area contributed by atoms with Crippen molar-refractivity contribution in [1.29, 1.82) is 0 Å². The van der Waals surface area contributed by atoms with Crippen molar-refractivity contribution >= 4 is 51.9 Å². The Morgan fingerprint density at radius 1 is 1.21 bits per heavy atom. The molecule has 5 N–H and O–H groups in total. The minimum Gasteiger partial charge on any atom is -0.469 e. The van der Waals surface area contributed by atoms with Crippen LogP contribution in [0.2, 0.25) is 5.02 Å². The second-order valence-corrected chi connectivity index (χ2v) is 9.50. The maximum absolute atomic E-state index is 14.0. The van der Waals surface area contributed by atoms with Crippen molar-refractivity contribution < 1.29 is 41.1 Å². The average molecular weight is 616 g/mol. The minimum absolute atomic E-state index is 0.0439. The zero-order valence-corrected chi connectivity index (χ0v) is 22.4. The summed E-state index contributed by atoms with van der Waals surface area (Å²) >= 11 is 5.66. The molecule has 1 aromatic heterocycles. The number of carbonyl (C=O) groups excluding carboxylic acids is 3. The first-order chi connectivity index (χ1) is 19.8. The van der Waals surface area contributed by atoms with Crippen molar-refractivity contribution in [3.63, 3.8) is 0 Å². The lowest BCUT2D eigenvalue weighted by Gasteiger charge is -2.21. The topological polar surface area (TPSA) is 150 Å². The molecular weight excluding hydrogens is 593 g/mol. The number of rotatable bonds is 8. The molecule has 1 unspecified atom stereocenters. The monoisotopic (exact) mass is 615 g/mol. The first-order valence-corrected chi connectivity index (χ1v) is 12.6. The molecule has 1 aliphatic rings. The lowest BCUT2D eigenvalue weighted by molar-refractivity contribution is -0.141. The Hall–Kier alpha value is -4.47. The molecular formula is C25H23ClF5N7O4. The largest absolute Gasteiger partial charge is 0.469 e. The number of nitrogens with one attached hydrogen (secondary N) is 5. The van der Waals surface area contributed by atoms with Gasteiger partial charge in [-0.25, -0.2) is 13.8 Å². The summed E-state index contributed by atoms with van der Waals surface area (Å²) in [6.07, 6.45) is -5.34. The van der Waals surface area contributed by atoms with E-state index in [0.717, 1.165) is 13.2 Å². The normalized spacial score (nSPS) is 15.8. The van der Waals surface area contributed by atoms with Crippen LogP contribution < -0.4 is 21.3 Å². The molecule has 224 valence electrons. The Balaban J connectivity index is 1.49. The second-order valence-electron chi connectivity index (χ2n) is 9.09. The van der Waals surface area contributed by atoms with Crippen LogP contribution in [0.15, 0.2) is 35.5 Å². The number of fused-ring (bicyclic) bond motifs is 1. The maximum atomic E-state index is 14.0. The highest BCUT2D eigenvalue weighted by molar-refractivity contribution is 6.30. The van der Waals surface area contributed by atoms with Crippen molar-refractivity contribution in [3.05, 3.63) is 58.0 Å². The summed E-state index contributed by atoms with van der Waals surface area (Å²) in [4.78, 5) is 41.6. The number of methoxy groups -OCH3 is 1. The van der Waals surface area contributed by atoms with Gasteiger partial charge in [-0.15, -0.1) is 0 Å². The number of esters is 1. The average Bonchev–Trinajstić information content (AvgIpc) is 3.42. The van der Waals surface area contributed by atoms with Crippen molar-refractivity contribution in [2.24, 2.45) is 4.99 Å². The lowest BCUT2D eigenvalue weighted by atomic mass is 10.00. The number of H-pyrrole nitrogens is 1. The molecule has 2 heterocycles. The van der Waals surface area contributed by atoms with E-state index in [0.29, 0.717) is 22.7 Å². The molecule has 11 nitrogen and oxygen atoms in total. The number of guanidine groups is 1. The van der Waals surface area contributed by atoms with Crippen LogP contribution in [-0.2, 0) is 20.5 Å². The molecule has 42 heavy (non-hydrogen) atoms. The van der Waals surface area contributed by atoms with Gasteiger partial charge in [-0.2, -0.15) is 18.3 Å². The Bertz CT molecular complexity index is 1550. The van der Waals surface area contributed by atoms with Crippen LogP contribution in [0.5, 0.6) is 0 Å². The van der Waals surface area contributed by atoms with Crippen LogP contribution in [0.25, 0.3) is 10.9 Å². The summed E-state index contributed by atoms with van der Waals surface area (Å²) in [6.45, 7) is -0.639. The maximum Gasteiger partial charge on any atom is 0.419 e. The molecule has 2 atom stereocenters. The number of hydrogen-bond donors (Lipinski definition) is 5. The van der Waals surface area contributed by atoms with Gasteiger partial charge in [0.25, 0.3) is 5.91 Å². The van der Waals surface area contributed by atoms with E-state index >= 15 is 0 Å². The van der Waals surface area contributed by atoms with E-state index < -0.39 is 65.5 Å². The Kier molecular flexibility index (Phi) is 9.14. The third-order valence-corrected chi connectivity index (χ3v) is 6.39. The van der Waals surface area contributed by atoms with E-state index in [1.165, 1.54) is 18.3 Å². The number of carbonyl (C=O) groups is 3. The van der Waals surface area contributed by atoms with Crippen LogP contribution in [-0.4, -0.2) is 66.9 Å². The molecule has 0 radical (unpaired) electrons. The van der Waals surface area contributed by atoms with Gasteiger partial charge >= 0.3 is 12.1 Å². The zero-order valence-electron chi connectivity index (χ0n) is 21.7. The number of halogens is 6. The van der Waals surface area contributed by atoms with Crippen molar-refractivity contribution in [2.45, 2.75) is 24.8 Å². The van der Waals surface area contributed by atoms with Gasteiger partial charge < -0.3 is 26.0 Å². The number of nitrogens with zero attached hydrogens (tertiary/aromatic N) is 2. The van der Waals surface area contributed by atoms with Gasteiger partial charge in [0, 0.05) is 10.9 Å². The number of ether oxygens (including phenoxy) is 1. The van der Waals surface area contributed by atoms with Crippen molar-refractivity contribution in [1.82, 2.24) is 26.1 Å². The second kappa shape index (κ2) is 12.6. The van der Waals surface area contributed by atoms with Crippen LogP contribution in [0.4, 0.5) is 27.6 Å². The number of aliphatic imine (C=N–C) groups is 1. The van der Waals surface area contributed by atoms with E-state index in [4.69, 9.17) is 11.6 Å². The van der Waals surface area contributed by atoms with Gasteiger partial charge in [0.2, 0.25) is 5.91 Å². The van der Waals surface area contributed by atoms with E-state index in [2.05, 4.69) is 41.2 Å². The fourth-order valence-corrected chi connectivity index (χ4v) is 4.27. The first kappa shape index (κ1) is 30.5. The smallest absolute Gasteiger partial charge is 0.419 e. The van der Waals surface area contributed by atoms with E-state index in [1.54, 1.807) is 0 Å². The van der Waals surface area contributed by atoms with Crippen LogP contribution in [0.3, 0.4) is 0 Å². The van der Waals surface area contributed by atoms with Crippen LogP contribution >= 0.6 is 11.6 Å². The summed E-state index contributed by atoms with van der Waals surface area (Å²) in [5.74, 6) is -3.89. The summed E-state index contributed by atoms with van der Waals surface area (Å²) in [7, 11) is 1.04. The summed E-state index contributed by atoms with van der Waals surface area (Å²) in [5, 5.41) is 16.9. The van der Waals surface area contributed by atoms with E-state index in [9.17, 15) is 36.3 Å². The SMILES string of the molecule is COC(=O)C[C@H](NC(=O)CNC(=O)c1cc(NC2=NCC(F)CN2)c2cn[nH]c2c1)c1cc(Cl)c(F)c(C(F)(F)F)c1. The summed E-state index contributed by atoms with van der Waals surface area (Å²) in [5.41, 5.74) is -1.03. The number of benzene rings is 2. The Morgan fingerprint density at radius 2 is 1.98 bits per heavy atom. The van der Waals surface area contributed by atoms with Crippen LogP contribution in [0, 0.1) is 5.82 Å². The predicted molar refractivity (Wildman–Crippen MR) is 141 cm³/mol. The van der Waals surface area contributed by atoms with E-state index in [-0.39, 0.29) is 30.2 Å². The first-order valence-electron chi connectivity index (χ1n) is 12.2. The van der Waals surface area contributed by atoms with Gasteiger partial charge in [-0.05, 0) is 29.8 Å². The molecule has 2 aromatic carbocycles. The fraction of sp³-hybridized carbons (Fsp3) is 0.320. The number of hydrogen-bond acceptors (Lipinski definition) is 8. The molecule has 0 spiro atoms. The highest BCUT2D eigenvalue weighted by Crippen LogP contribution is 2.36. The molecule has 2 amide bonds. The molecule has 0 fully saturated rings. The third kappa shape index (κ3) is 7.23. The fourth-order valence-electron chi connectivity index (χ4n) is 4.04. The summed E-state index contributed by atoms with van der Waals surface area (Å²) < 4.78 is 72.0. The molecule has 0 aliphatic carbocycles. The minimum atomic E-state index is -5.10. The number of aromatic nitrogens is 2. The zero-order chi connectivity index (χ0) is 30.6. The standard InChI is InChI=1S/C25H23ClF5N7O4/c1-42-21(40)6-17(11-2-15(25(29,30)31)22(28)16(26)3-11)36-20(39)10-32-23(41)12-4-18(14-9-35-38-19(14)5-12)37-24-33-7-13(27)8-34-24/h2-5,9,13,17H,6-8,10H2,1H3,(H,32,41)(H,35,38)(H,36,39)(H2,33,34,37)/t17-/m0/s1. The molecule has 3 aromatic rings. The van der Waals surface area contributed by atoms with E-state index in [1.807, 2.05) is 0 Å². The molecule has 0 bridgehead atoms. The quantitative estimate of drug-likeness (QED) is 0.193. The number of amides is 2. The van der Waals surface area contributed by atoms with Gasteiger partial charge in [-0.3, -0.25) is 19.5 Å². The number of alkyl halides is 4. The van der Waals surface area contributed by atoms with Gasteiger partial charge in [-0.1, -0.05) is 11.6 Å². The molecule has 17 heteroatoms. The van der Waals surface area contributed by atoms with Crippen LogP contribution in [0.1, 0.15) is 33.9 Å². The predicted octanol–water partition coefficient (Wildman–Crippen LogP) is 3.23. The number of aromatic amines is 1. The highest BCUT2D eigenvalue weighted by atomic mass is 35.5. The highest BCUT2D eigenvalue weighted by Gasteiger charge is 2.36. The molecule has 1 aliphatic heterocycles. The summed E-state index contributed by atoms with van der Waals surface area (Å²) in [6, 6.07) is 2.81. The number of anilines is 1.